The number of aliphatic imine (C=N–C) groups is 1. The summed E-state index contributed by atoms with van der Waals surface area (Å²) in [4.78, 5) is 17.5. The third kappa shape index (κ3) is 5.44. The van der Waals surface area contributed by atoms with Crippen LogP contribution in [0.1, 0.15) is 34.2 Å². The van der Waals surface area contributed by atoms with E-state index < -0.39 is 0 Å². The Balaban J connectivity index is 1.91. The largest absolute Gasteiger partial charge is 0.492 e. The molecule has 1 aromatic heterocycles. The van der Waals surface area contributed by atoms with E-state index in [1.807, 2.05) is 56.8 Å². The van der Waals surface area contributed by atoms with Gasteiger partial charge >= 0.3 is 0 Å². The fourth-order valence-electron chi connectivity index (χ4n) is 3.11. The van der Waals surface area contributed by atoms with Gasteiger partial charge in [0, 0.05) is 18.3 Å². The van der Waals surface area contributed by atoms with Gasteiger partial charge in [-0.15, -0.1) is 0 Å². The third-order valence-corrected chi connectivity index (χ3v) is 5.17. The van der Waals surface area contributed by atoms with Gasteiger partial charge in [0.05, 0.1) is 35.1 Å². The number of aryl methyl sites for hydroxylation is 2. The van der Waals surface area contributed by atoms with Crippen LogP contribution in [0.3, 0.4) is 0 Å². The maximum Gasteiger partial charge on any atom is 0.259 e. The molecule has 0 spiro atoms. The summed E-state index contributed by atoms with van der Waals surface area (Å²) in [6.45, 7) is 6.72. The lowest BCUT2D eigenvalue weighted by molar-refractivity contribution is 0.0977. The van der Waals surface area contributed by atoms with Gasteiger partial charge in [-0.3, -0.25) is 14.8 Å². The zero-order valence-corrected chi connectivity index (χ0v) is 18.8. The average Bonchev–Trinajstić information content (AvgIpc) is 2.99. The lowest BCUT2D eigenvalue weighted by Gasteiger charge is -2.15. The fraction of sp³-hybridized carbons (Fsp3) is 0.261. The first-order valence-electron chi connectivity index (χ1n) is 9.99. The highest BCUT2D eigenvalue weighted by Gasteiger charge is 2.15. The molecule has 1 heterocycles. The summed E-state index contributed by atoms with van der Waals surface area (Å²) < 4.78 is 7.51. The molecule has 0 radical (unpaired) electrons. The molecule has 0 bridgehead atoms. The highest BCUT2D eigenvalue weighted by molar-refractivity contribution is 6.34. The molecule has 7 nitrogen and oxygen atoms in total. The number of ether oxygens (including phenoxy) is 1. The summed E-state index contributed by atoms with van der Waals surface area (Å²) in [6, 6.07) is 14.4. The van der Waals surface area contributed by atoms with Gasteiger partial charge < -0.3 is 10.1 Å². The number of amides is 1. The number of hydrogen-bond acceptors (Lipinski definition) is 4. The predicted molar refractivity (Wildman–Crippen MR) is 124 cm³/mol. The van der Waals surface area contributed by atoms with Gasteiger partial charge in [0.1, 0.15) is 5.75 Å². The first-order valence-corrected chi connectivity index (χ1v) is 10.4. The van der Waals surface area contributed by atoms with Gasteiger partial charge in [0.15, 0.2) is 0 Å². The van der Waals surface area contributed by atoms with Crippen LogP contribution < -0.4 is 15.4 Å². The molecule has 162 valence electrons. The SMILES string of the molecule is CCOc1ccccc1NC(=NCc1c(C)nn(C)c1C)NC(=O)c1ccccc1Cl. The van der Waals surface area contributed by atoms with Crippen LogP contribution in [0.25, 0.3) is 0 Å². The average molecular weight is 440 g/mol. The van der Waals surface area contributed by atoms with Gasteiger partial charge in [0.25, 0.3) is 5.91 Å². The van der Waals surface area contributed by atoms with E-state index in [1.165, 1.54) is 0 Å². The van der Waals surface area contributed by atoms with Gasteiger partial charge in [-0.2, -0.15) is 5.10 Å². The molecule has 31 heavy (non-hydrogen) atoms. The second-order valence-electron chi connectivity index (χ2n) is 6.93. The molecule has 0 fully saturated rings. The Kier molecular flexibility index (Phi) is 7.31. The van der Waals surface area contributed by atoms with Gasteiger partial charge in [-0.05, 0) is 45.0 Å². The molecule has 8 heteroatoms. The van der Waals surface area contributed by atoms with Crippen molar-refractivity contribution in [2.45, 2.75) is 27.3 Å². The summed E-state index contributed by atoms with van der Waals surface area (Å²) in [6.07, 6.45) is 0. The first-order chi connectivity index (χ1) is 14.9. The molecule has 0 unspecified atom stereocenters. The fourth-order valence-corrected chi connectivity index (χ4v) is 3.34. The number of para-hydroxylation sites is 2. The standard InChI is InChI=1S/C23H26ClN5O2/c1-5-31-21-13-9-8-12-20(21)26-23(25-14-18-15(2)28-29(4)16(18)3)27-22(30)17-10-6-7-11-19(17)24/h6-13H,5,14H2,1-4H3,(H2,25,26,27,30). The second-order valence-corrected chi connectivity index (χ2v) is 7.33. The number of aromatic nitrogens is 2. The molecule has 1 amide bonds. The van der Waals surface area contributed by atoms with Crippen LogP contribution in [0.5, 0.6) is 5.75 Å². The maximum absolute atomic E-state index is 12.9. The Morgan fingerprint density at radius 1 is 1.16 bits per heavy atom. The summed E-state index contributed by atoms with van der Waals surface area (Å²) in [5.41, 5.74) is 3.99. The number of benzene rings is 2. The second kappa shape index (κ2) is 10.1. The lowest BCUT2D eigenvalue weighted by Crippen LogP contribution is -2.36. The summed E-state index contributed by atoms with van der Waals surface area (Å²) >= 11 is 6.19. The predicted octanol–water partition coefficient (Wildman–Crippen LogP) is 4.49. The number of guanidine groups is 1. The minimum absolute atomic E-state index is 0.291. The summed E-state index contributed by atoms with van der Waals surface area (Å²) in [5.74, 6) is 0.600. The smallest absolute Gasteiger partial charge is 0.259 e. The molecule has 3 aromatic rings. The first kappa shape index (κ1) is 22.4. The Bertz CT molecular complexity index is 1110. The van der Waals surface area contributed by atoms with Crippen LogP contribution in [-0.2, 0) is 13.6 Å². The van der Waals surface area contributed by atoms with Crippen molar-refractivity contribution in [3.05, 3.63) is 76.1 Å². The Morgan fingerprint density at radius 3 is 2.55 bits per heavy atom. The maximum atomic E-state index is 12.9. The summed E-state index contributed by atoms with van der Waals surface area (Å²) in [5, 5.41) is 10.8. The molecule has 0 aliphatic rings. The number of nitrogens with zero attached hydrogens (tertiary/aromatic N) is 3. The molecule has 0 saturated heterocycles. The number of carbonyl (C=O) groups excluding carboxylic acids is 1. The monoisotopic (exact) mass is 439 g/mol. The molecule has 2 N–H and O–H groups in total. The van der Waals surface area contributed by atoms with E-state index in [-0.39, 0.29) is 5.91 Å². The van der Waals surface area contributed by atoms with Crippen molar-refractivity contribution in [2.75, 3.05) is 11.9 Å². The summed E-state index contributed by atoms with van der Waals surface area (Å²) in [7, 11) is 1.90. The molecular formula is C23H26ClN5O2. The van der Waals surface area contributed by atoms with Crippen molar-refractivity contribution < 1.29 is 9.53 Å². The van der Waals surface area contributed by atoms with Crippen molar-refractivity contribution in [3.63, 3.8) is 0 Å². The van der Waals surface area contributed by atoms with Crippen LogP contribution in [0.4, 0.5) is 5.69 Å². The topological polar surface area (TPSA) is 80.5 Å². The van der Waals surface area contributed by atoms with Crippen molar-refractivity contribution in [1.82, 2.24) is 15.1 Å². The van der Waals surface area contributed by atoms with Crippen molar-refractivity contribution in [2.24, 2.45) is 12.0 Å². The van der Waals surface area contributed by atoms with Crippen molar-refractivity contribution in [1.29, 1.82) is 0 Å². The van der Waals surface area contributed by atoms with E-state index >= 15 is 0 Å². The highest BCUT2D eigenvalue weighted by atomic mass is 35.5. The zero-order valence-electron chi connectivity index (χ0n) is 18.1. The van der Waals surface area contributed by atoms with E-state index in [9.17, 15) is 4.79 Å². The van der Waals surface area contributed by atoms with E-state index in [1.54, 1.807) is 24.3 Å². The number of carbonyl (C=O) groups is 1. The van der Waals surface area contributed by atoms with Gasteiger partial charge in [0.2, 0.25) is 5.96 Å². The van der Waals surface area contributed by atoms with Crippen molar-refractivity contribution >= 4 is 29.2 Å². The molecule has 3 rings (SSSR count). The normalized spacial score (nSPS) is 11.3. The van der Waals surface area contributed by atoms with Crippen molar-refractivity contribution in [3.8, 4) is 5.75 Å². The molecule has 2 aromatic carbocycles. The van der Waals surface area contributed by atoms with Gasteiger partial charge in [-0.1, -0.05) is 35.9 Å². The molecule has 0 aliphatic carbocycles. The molecule has 0 saturated carbocycles. The van der Waals surface area contributed by atoms with E-state index in [2.05, 4.69) is 20.7 Å². The minimum atomic E-state index is -0.356. The van der Waals surface area contributed by atoms with Crippen LogP contribution in [0, 0.1) is 13.8 Å². The lowest BCUT2D eigenvalue weighted by atomic mass is 10.2. The highest BCUT2D eigenvalue weighted by Crippen LogP contribution is 2.24. The number of hydrogen-bond donors (Lipinski definition) is 2. The Labute approximate surface area is 187 Å². The molecule has 0 aliphatic heterocycles. The number of anilines is 1. The molecular weight excluding hydrogens is 414 g/mol. The van der Waals surface area contributed by atoms with Crippen LogP contribution in [0.2, 0.25) is 5.02 Å². The van der Waals surface area contributed by atoms with Crippen LogP contribution in [0.15, 0.2) is 53.5 Å². The van der Waals surface area contributed by atoms with Crippen LogP contribution in [-0.4, -0.2) is 28.3 Å². The van der Waals surface area contributed by atoms with E-state index in [4.69, 9.17) is 16.3 Å². The van der Waals surface area contributed by atoms with Gasteiger partial charge in [-0.25, -0.2) is 4.99 Å². The third-order valence-electron chi connectivity index (χ3n) is 4.84. The Morgan fingerprint density at radius 2 is 1.87 bits per heavy atom. The molecule has 0 atom stereocenters. The number of nitrogens with one attached hydrogen (secondary N) is 2. The zero-order chi connectivity index (χ0) is 22.4. The Hall–Kier alpha value is -3.32. The van der Waals surface area contributed by atoms with Crippen LogP contribution >= 0.6 is 11.6 Å². The number of rotatable bonds is 6. The quantitative estimate of drug-likeness (QED) is 0.438. The van der Waals surface area contributed by atoms with E-state index in [0.717, 1.165) is 17.0 Å². The van der Waals surface area contributed by atoms with E-state index in [0.29, 0.717) is 41.1 Å². The minimum Gasteiger partial charge on any atom is -0.492 e. The number of halogens is 1.